The molecule has 0 saturated carbocycles. The average molecular weight is 432 g/mol. The van der Waals surface area contributed by atoms with Crippen LogP contribution in [0.5, 0.6) is 5.75 Å². The smallest absolute Gasteiger partial charge is 0.252 e. The van der Waals surface area contributed by atoms with Crippen LogP contribution in [0.3, 0.4) is 0 Å². The van der Waals surface area contributed by atoms with Crippen molar-refractivity contribution in [3.8, 4) is 5.75 Å². The van der Waals surface area contributed by atoms with Crippen LogP contribution in [0.25, 0.3) is 0 Å². The van der Waals surface area contributed by atoms with E-state index in [2.05, 4.69) is 10.3 Å². The molecule has 3 aromatic rings. The van der Waals surface area contributed by atoms with Crippen LogP contribution in [0, 0.1) is 0 Å². The molecule has 0 atom stereocenters. The van der Waals surface area contributed by atoms with Gasteiger partial charge in [0.25, 0.3) is 10.0 Å². The highest BCUT2D eigenvalue weighted by Crippen LogP contribution is 2.19. The molecule has 29 heavy (non-hydrogen) atoms. The maximum atomic E-state index is 12.3. The average Bonchev–Trinajstić information content (AvgIpc) is 3.28. The van der Waals surface area contributed by atoms with Gasteiger partial charge in [-0.25, -0.2) is 8.42 Å². The lowest BCUT2D eigenvalue weighted by Gasteiger charge is -2.15. The zero-order chi connectivity index (χ0) is 20.7. The third-order valence-electron chi connectivity index (χ3n) is 4.07. The van der Waals surface area contributed by atoms with E-state index in [0.717, 1.165) is 26.8 Å². The number of nitrogens with zero attached hydrogens (tertiary/aromatic N) is 2. The summed E-state index contributed by atoms with van der Waals surface area (Å²) in [5.74, 6) is 0.343. The summed E-state index contributed by atoms with van der Waals surface area (Å²) in [5.41, 5.74) is 1.86. The van der Waals surface area contributed by atoms with Crippen molar-refractivity contribution in [2.75, 3.05) is 13.6 Å². The number of hydrogen-bond acceptors (Lipinski definition) is 6. The summed E-state index contributed by atoms with van der Waals surface area (Å²) in [6.45, 7) is 0.482. The molecule has 3 rings (SSSR count). The van der Waals surface area contributed by atoms with Crippen molar-refractivity contribution in [2.45, 2.75) is 17.4 Å². The number of rotatable bonds is 9. The summed E-state index contributed by atoms with van der Waals surface area (Å²) in [7, 11) is -2.25. The quantitative estimate of drug-likeness (QED) is 0.563. The molecule has 0 bridgehead atoms. The maximum Gasteiger partial charge on any atom is 0.252 e. The Hall–Kier alpha value is -2.75. The van der Waals surface area contributed by atoms with Crippen molar-refractivity contribution in [1.29, 1.82) is 0 Å². The number of thiophene rings is 1. The summed E-state index contributed by atoms with van der Waals surface area (Å²) in [6, 6.07) is 14.3. The van der Waals surface area contributed by atoms with Crippen LogP contribution in [-0.4, -0.2) is 37.2 Å². The first-order valence-corrected chi connectivity index (χ1v) is 11.1. The minimum atomic E-state index is -3.64. The highest BCUT2D eigenvalue weighted by molar-refractivity contribution is 7.91. The molecule has 0 radical (unpaired) electrons. The fourth-order valence-corrected chi connectivity index (χ4v) is 4.79. The second kappa shape index (κ2) is 9.64. The van der Waals surface area contributed by atoms with E-state index in [1.54, 1.807) is 23.8 Å². The number of aromatic nitrogens is 1. The Balaban J connectivity index is 1.46. The predicted molar refractivity (Wildman–Crippen MR) is 111 cm³/mol. The van der Waals surface area contributed by atoms with Crippen molar-refractivity contribution < 1.29 is 17.9 Å². The molecule has 0 aliphatic heterocycles. The first kappa shape index (κ1) is 21.0. The van der Waals surface area contributed by atoms with Gasteiger partial charge in [-0.15, -0.1) is 11.3 Å². The number of carbonyl (C=O) groups excluding carboxylic acids is 1. The van der Waals surface area contributed by atoms with Crippen LogP contribution in [0.2, 0.25) is 0 Å². The second-order valence-corrected chi connectivity index (χ2v) is 9.48. The molecule has 1 aromatic carbocycles. The first-order chi connectivity index (χ1) is 13.9. The summed E-state index contributed by atoms with van der Waals surface area (Å²) < 4.78 is 31.6. The fourth-order valence-electron chi connectivity index (χ4n) is 2.46. The van der Waals surface area contributed by atoms with Gasteiger partial charge in [-0.1, -0.05) is 24.3 Å². The van der Waals surface area contributed by atoms with Crippen LogP contribution < -0.4 is 10.1 Å². The minimum Gasteiger partial charge on any atom is -0.489 e. The molecular weight excluding hydrogens is 410 g/mol. The summed E-state index contributed by atoms with van der Waals surface area (Å²) in [5, 5.41) is 4.42. The Kier molecular flexibility index (Phi) is 6.97. The zero-order valence-electron chi connectivity index (χ0n) is 15.8. The highest BCUT2D eigenvalue weighted by Gasteiger charge is 2.23. The van der Waals surface area contributed by atoms with Gasteiger partial charge in [0.1, 0.15) is 16.6 Å². The van der Waals surface area contributed by atoms with Gasteiger partial charge in [-0.2, -0.15) is 4.31 Å². The molecule has 2 heterocycles. The van der Waals surface area contributed by atoms with Crippen LogP contribution in [0.1, 0.15) is 11.1 Å². The minimum absolute atomic E-state index is 0.217. The number of hydrogen-bond donors (Lipinski definition) is 1. The SMILES string of the molecule is CN(CC(=O)NCc1ccc(OCc2cccnc2)cc1)S(=O)(=O)c1cccs1. The molecule has 152 valence electrons. The van der Waals surface area contributed by atoms with Gasteiger partial charge in [-0.3, -0.25) is 9.78 Å². The highest BCUT2D eigenvalue weighted by atomic mass is 32.2. The summed E-state index contributed by atoms with van der Waals surface area (Å²) >= 11 is 1.12. The fraction of sp³-hybridized carbons (Fsp3) is 0.200. The molecule has 0 unspecified atom stereocenters. The van der Waals surface area contributed by atoms with E-state index in [4.69, 9.17) is 4.74 Å². The van der Waals surface area contributed by atoms with E-state index in [9.17, 15) is 13.2 Å². The molecule has 2 aromatic heterocycles. The monoisotopic (exact) mass is 431 g/mol. The summed E-state index contributed by atoms with van der Waals surface area (Å²) in [6.07, 6.45) is 3.46. The summed E-state index contributed by atoms with van der Waals surface area (Å²) in [4.78, 5) is 16.2. The van der Waals surface area contributed by atoms with Gasteiger partial charge >= 0.3 is 0 Å². The third-order valence-corrected chi connectivity index (χ3v) is 7.24. The molecule has 0 aliphatic rings. The number of nitrogens with one attached hydrogen (secondary N) is 1. The van der Waals surface area contributed by atoms with E-state index in [0.29, 0.717) is 18.9 Å². The number of likely N-dealkylation sites (N-methyl/N-ethyl adjacent to an activating group) is 1. The van der Waals surface area contributed by atoms with Crippen molar-refractivity contribution in [1.82, 2.24) is 14.6 Å². The zero-order valence-corrected chi connectivity index (χ0v) is 17.4. The molecule has 7 nitrogen and oxygen atoms in total. The van der Waals surface area contributed by atoms with E-state index in [-0.39, 0.29) is 16.7 Å². The largest absolute Gasteiger partial charge is 0.489 e. The topological polar surface area (TPSA) is 88.6 Å². The van der Waals surface area contributed by atoms with Crippen LogP contribution in [0.15, 0.2) is 70.5 Å². The number of ether oxygens (including phenoxy) is 1. The normalized spacial score (nSPS) is 11.4. The molecule has 0 saturated heterocycles. The number of pyridine rings is 1. The van der Waals surface area contributed by atoms with Crippen molar-refractivity contribution in [2.24, 2.45) is 0 Å². The van der Waals surface area contributed by atoms with Gasteiger partial charge in [0.2, 0.25) is 5.91 Å². The molecule has 1 amide bonds. The van der Waals surface area contributed by atoms with Gasteiger partial charge < -0.3 is 10.1 Å². The van der Waals surface area contributed by atoms with Gasteiger partial charge in [0.15, 0.2) is 0 Å². The van der Waals surface area contributed by atoms with Crippen molar-refractivity contribution in [3.63, 3.8) is 0 Å². The second-order valence-electron chi connectivity index (χ2n) is 6.26. The molecular formula is C20H21N3O4S2. The van der Waals surface area contributed by atoms with E-state index < -0.39 is 10.0 Å². The third kappa shape index (κ3) is 5.86. The molecule has 0 fully saturated rings. The molecule has 0 spiro atoms. The number of benzene rings is 1. The van der Waals surface area contributed by atoms with Crippen LogP contribution in [-0.2, 0) is 28.0 Å². The van der Waals surface area contributed by atoms with Gasteiger partial charge in [0.05, 0.1) is 6.54 Å². The van der Waals surface area contributed by atoms with Gasteiger partial charge in [-0.05, 0) is 35.2 Å². The van der Waals surface area contributed by atoms with Crippen molar-refractivity contribution >= 4 is 27.3 Å². The lowest BCUT2D eigenvalue weighted by Crippen LogP contribution is -2.37. The Bertz CT molecular complexity index is 1020. The standard InChI is InChI=1S/C20H21N3O4S2/c1-23(29(25,26)20-5-3-11-28-20)14-19(24)22-13-16-6-8-18(9-7-16)27-15-17-4-2-10-21-12-17/h2-12H,13-15H2,1H3,(H,22,24). The van der Waals surface area contributed by atoms with Gasteiger partial charge in [0, 0.05) is 31.5 Å². The van der Waals surface area contributed by atoms with Crippen LogP contribution >= 0.6 is 11.3 Å². The van der Waals surface area contributed by atoms with Crippen LogP contribution in [0.4, 0.5) is 0 Å². The Morgan fingerprint density at radius 1 is 1.14 bits per heavy atom. The lowest BCUT2D eigenvalue weighted by atomic mass is 10.2. The Morgan fingerprint density at radius 3 is 2.59 bits per heavy atom. The molecule has 9 heteroatoms. The van der Waals surface area contributed by atoms with E-state index in [1.807, 2.05) is 36.4 Å². The maximum absolute atomic E-state index is 12.3. The molecule has 0 aliphatic carbocycles. The number of sulfonamides is 1. The Labute approximate surface area is 174 Å². The predicted octanol–water partition coefficient (Wildman–Crippen LogP) is 2.66. The first-order valence-electron chi connectivity index (χ1n) is 8.82. The number of amides is 1. The van der Waals surface area contributed by atoms with Crippen molar-refractivity contribution in [3.05, 3.63) is 77.4 Å². The van der Waals surface area contributed by atoms with E-state index in [1.165, 1.54) is 13.1 Å². The van der Waals surface area contributed by atoms with E-state index >= 15 is 0 Å². The number of carbonyl (C=O) groups is 1. The lowest BCUT2D eigenvalue weighted by molar-refractivity contribution is -0.121. The Morgan fingerprint density at radius 2 is 1.93 bits per heavy atom. The molecule has 1 N–H and O–H groups in total.